The summed E-state index contributed by atoms with van der Waals surface area (Å²) in [6.45, 7) is 2.22. The fourth-order valence-corrected chi connectivity index (χ4v) is 1.04. The van der Waals surface area contributed by atoms with Gasteiger partial charge in [-0.1, -0.05) is 12.1 Å². The third-order valence-corrected chi connectivity index (χ3v) is 2.30. The van der Waals surface area contributed by atoms with Gasteiger partial charge in [0.1, 0.15) is 5.75 Å². The van der Waals surface area contributed by atoms with Crippen LogP contribution in [0.15, 0.2) is 24.3 Å². The number of halogens is 3. The molecule has 1 aromatic carbocycles. The van der Waals surface area contributed by atoms with Gasteiger partial charge in [-0.2, -0.15) is 13.2 Å². The van der Waals surface area contributed by atoms with Crippen LogP contribution in [-0.4, -0.2) is 11.3 Å². The molecular formula is C10H11F3O. The molecule has 0 amide bonds. The van der Waals surface area contributed by atoms with E-state index >= 15 is 0 Å². The Kier molecular flexibility index (Phi) is 2.48. The average Bonchev–Trinajstić information content (AvgIpc) is 2.03. The van der Waals surface area contributed by atoms with Crippen LogP contribution in [0.25, 0.3) is 0 Å². The van der Waals surface area contributed by atoms with Crippen LogP contribution in [-0.2, 0) is 5.41 Å². The third kappa shape index (κ3) is 1.84. The maximum atomic E-state index is 12.6. The number of aromatic hydroxyl groups is 1. The maximum Gasteiger partial charge on any atom is 0.397 e. The van der Waals surface area contributed by atoms with Gasteiger partial charge >= 0.3 is 6.18 Å². The van der Waals surface area contributed by atoms with Crippen LogP contribution in [0.5, 0.6) is 5.75 Å². The van der Waals surface area contributed by atoms with Crippen molar-refractivity contribution in [3.63, 3.8) is 0 Å². The van der Waals surface area contributed by atoms with E-state index < -0.39 is 11.6 Å². The number of alkyl halides is 3. The third-order valence-electron chi connectivity index (χ3n) is 2.30. The molecule has 1 nitrogen and oxygen atoms in total. The summed E-state index contributed by atoms with van der Waals surface area (Å²) >= 11 is 0. The van der Waals surface area contributed by atoms with Crippen molar-refractivity contribution in [1.82, 2.24) is 0 Å². The molecule has 1 rings (SSSR count). The van der Waals surface area contributed by atoms with Gasteiger partial charge in [-0.15, -0.1) is 0 Å². The van der Waals surface area contributed by atoms with Crippen molar-refractivity contribution in [3.8, 4) is 5.75 Å². The van der Waals surface area contributed by atoms with Gasteiger partial charge < -0.3 is 5.11 Å². The second kappa shape index (κ2) is 3.19. The van der Waals surface area contributed by atoms with Gasteiger partial charge in [-0.3, -0.25) is 0 Å². The molecular weight excluding hydrogens is 193 g/mol. The lowest BCUT2D eigenvalue weighted by Gasteiger charge is -2.28. The number of hydrogen-bond acceptors (Lipinski definition) is 1. The molecule has 0 radical (unpaired) electrons. The monoisotopic (exact) mass is 204 g/mol. The van der Waals surface area contributed by atoms with Crippen LogP contribution in [0.4, 0.5) is 13.2 Å². The predicted molar refractivity (Wildman–Crippen MR) is 47.2 cm³/mol. The lowest BCUT2D eigenvalue weighted by molar-refractivity contribution is -0.180. The van der Waals surface area contributed by atoms with Crippen molar-refractivity contribution in [2.45, 2.75) is 25.4 Å². The quantitative estimate of drug-likeness (QED) is 0.744. The molecule has 0 aliphatic rings. The average molecular weight is 204 g/mol. The van der Waals surface area contributed by atoms with Crippen molar-refractivity contribution >= 4 is 0 Å². The molecule has 0 heterocycles. The minimum Gasteiger partial charge on any atom is -0.508 e. The molecule has 1 N–H and O–H groups in total. The number of rotatable bonds is 1. The van der Waals surface area contributed by atoms with Crippen LogP contribution in [0.3, 0.4) is 0 Å². The Morgan fingerprint density at radius 2 is 1.43 bits per heavy atom. The maximum absolute atomic E-state index is 12.6. The Morgan fingerprint density at radius 1 is 1.00 bits per heavy atom. The summed E-state index contributed by atoms with van der Waals surface area (Å²) in [4.78, 5) is 0. The van der Waals surface area contributed by atoms with Crippen LogP contribution < -0.4 is 0 Å². The molecule has 1 aromatic rings. The molecule has 0 atom stereocenters. The Labute approximate surface area is 80.2 Å². The van der Waals surface area contributed by atoms with Gasteiger partial charge in [-0.25, -0.2) is 0 Å². The summed E-state index contributed by atoms with van der Waals surface area (Å²) in [5.41, 5.74) is -1.75. The first-order valence-corrected chi connectivity index (χ1v) is 4.11. The minimum absolute atomic E-state index is 0.0354. The van der Waals surface area contributed by atoms with E-state index in [2.05, 4.69) is 0 Å². The van der Waals surface area contributed by atoms with Gasteiger partial charge in [0.2, 0.25) is 0 Å². The van der Waals surface area contributed by atoms with Crippen LogP contribution in [0, 0.1) is 0 Å². The van der Waals surface area contributed by atoms with E-state index in [-0.39, 0.29) is 11.3 Å². The molecule has 4 heteroatoms. The summed E-state index contributed by atoms with van der Waals surface area (Å²) in [7, 11) is 0. The second-order valence-electron chi connectivity index (χ2n) is 3.67. The molecule has 0 aliphatic heterocycles. The zero-order chi connectivity index (χ0) is 11.0. The smallest absolute Gasteiger partial charge is 0.397 e. The summed E-state index contributed by atoms with van der Waals surface area (Å²) in [6, 6.07) is 5.07. The zero-order valence-electron chi connectivity index (χ0n) is 7.89. The molecule has 14 heavy (non-hydrogen) atoms. The highest BCUT2D eigenvalue weighted by Gasteiger charge is 2.48. The molecule has 0 aliphatic carbocycles. The first-order valence-electron chi connectivity index (χ1n) is 4.11. The summed E-state index contributed by atoms with van der Waals surface area (Å²) < 4.78 is 37.7. The first-order chi connectivity index (χ1) is 6.25. The van der Waals surface area contributed by atoms with Gasteiger partial charge in [0.15, 0.2) is 0 Å². The van der Waals surface area contributed by atoms with E-state index in [9.17, 15) is 13.2 Å². The molecule has 78 valence electrons. The zero-order valence-corrected chi connectivity index (χ0v) is 7.89. The standard InChI is InChI=1S/C10H11F3O/c1-9(2,10(11,12)13)7-3-5-8(14)6-4-7/h3-6,14H,1-2H3. The number of phenolic OH excluding ortho intramolecular Hbond substituents is 1. The van der Waals surface area contributed by atoms with Gasteiger partial charge in [0.25, 0.3) is 0 Å². The molecule has 0 spiro atoms. The lowest BCUT2D eigenvalue weighted by Crippen LogP contribution is -2.36. The second-order valence-corrected chi connectivity index (χ2v) is 3.67. The van der Waals surface area contributed by atoms with Crippen LogP contribution in [0.1, 0.15) is 19.4 Å². The van der Waals surface area contributed by atoms with Crippen molar-refractivity contribution in [2.24, 2.45) is 0 Å². The molecule has 0 fully saturated rings. The summed E-state index contributed by atoms with van der Waals surface area (Å²) in [5, 5.41) is 8.94. The molecule has 0 bridgehead atoms. The predicted octanol–water partition coefficient (Wildman–Crippen LogP) is 3.23. The Bertz CT molecular complexity index is 311. The topological polar surface area (TPSA) is 20.2 Å². The molecule has 0 unspecified atom stereocenters. The summed E-state index contributed by atoms with van der Waals surface area (Å²) in [6.07, 6.45) is -4.29. The Morgan fingerprint density at radius 3 is 1.79 bits per heavy atom. The number of benzene rings is 1. The molecule has 0 saturated heterocycles. The Hall–Kier alpha value is -1.19. The van der Waals surface area contributed by atoms with Crippen molar-refractivity contribution in [1.29, 1.82) is 0 Å². The van der Waals surface area contributed by atoms with Crippen LogP contribution >= 0.6 is 0 Å². The first kappa shape index (κ1) is 10.9. The van der Waals surface area contributed by atoms with Crippen LogP contribution in [0.2, 0.25) is 0 Å². The summed E-state index contributed by atoms with van der Waals surface area (Å²) in [5.74, 6) is -0.0354. The Balaban J connectivity index is 3.10. The minimum atomic E-state index is -4.29. The number of hydrogen-bond donors (Lipinski definition) is 1. The fourth-order valence-electron chi connectivity index (χ4n) is 1.04. The molecule has 0 saturated carbocycles. The lowest BCUT2D eigenvalue weighted by atomic mass is 9.84. The fraction of sp³-hybridized carbons (Fsp3) is 0.400. The van der Waals surface area contributed by atoms with Gasteiger partial charge in [0, 0.05) is 0 Å². The van der Waals surface area contributed by atoms with Gasteiger partial charge in [-0.05, 0) is 31.5 Å². The van der Waals surface area contributed by atoms with Crippen molar-refractivity contribution < 1.29 is 18.3 Å². The van der Waals surface area contributed by atoms with Gasteiger partial charge in [0.05, 0.1) is 5.41 Å². The van der Waals surface area contributed by atoms with E-state index in [1.165, 1.54) is 24.3 Å². The SMILES string of the molecule is CC(C)(c1ccc(O)cc1)C(F)(F)F. The van der Waals surface area contributed by atoms with E-state index in [1.807, 2.05) is 0 Å². The van der Waals surface area contributed by atoms with E-state index in [0.29, 0.717) is 0 Å². The highest BCUT2D eigenvalue weighted by Crippen LogP contribution is 2.40. The van der Waals surface area contributed by atoms with Crippen molar-refractivity contribution in [3.05, 3.63) is 29.8 Å². The van der Waals surface area contributed by atoms with Crippen molar-refractivity contribution in [2.75, 3.05) is 0 Å². The van der Waals surface area contributed by atoms with E-state index in [4.69, 9.17) is 5.11 Å². The normalized spacial score (nSPS) is 12.9. The molecule has 0 aromatic heterocycles. The van der Waals surface area contributed by atoms with E-state index in [0.717, 1.165) is 13.8 Å². The number of phenols is 1. The highest BCUT2D eigenvalue weighted by atomic mass is 19.4. The van der Waals surface area contributed by atoms with E-state index in [1.54, 1.807) is 0 Å². The highest BCUT2D eigenvalue weighted by molar-refractivity contribution is 5.31. The largest absolute Gasteiger partial charge is 0.508 e.